The molecule has 3 nitrogen and oxygen atoms in total. The van der Waals surface area contributed by atoms with Gasteiger partial charge in [0.1, 0.15) is 5.82 Å². The van der Waals surface area contributed by atoms with Gasteiger partial charge in [-0.1, -0.05) is 12.1 Å². The molecule has 3 rings (SSSR count). The molecule has 0 bridgehead atoms. The van der Waals surface area contributed by atoms with E-state index >= 15 is 0 Å². The van der Waals surface area contributed by atoms with E-state index in [4.69, 9.17) is 9.47 Å². The largest absolute Gasteiger partial charge is 0.454 e. The van der Waals surface area contributed by atoms with Gasteiger partial charge in [-0.3, -0.25) is 0 Å². The molecule has 0 radical (unpaired) electrons. The lowest BCUT2D eigenvalue weighted by Crippen LogP contribution is -2.19. The van der Waals surface area contributed by atoms with Gasteiger partial charge in [0.2, 0.25) is 6.79 Å². The Morgan fingerprint density at radius 2 is 1.78 bits per heavy atom. The van der Waals surface area contributed by atoms with Crippen molar-refractivity contribution in [2.75, 3.05) is 20.4 Å². The Bertz CT molecular complexity index is 783. The minimum atomic E-state index is -4.52. The lowest BCUT2D eigenvalue weighted by atomic mass is 10.1. The van der Waals surface area contributed by atoms with Crippen LogP contribution in [0.4, 0.5) is 17.6 Å². The highest BCUT2D eigenvalue weighted by Crippen LogP contribution is 2.33. The minimum Gasteiger partial charge on any atom is -0.454 e. The molecule has 1 heterocycles. The summed E-state index contributed by atoms with van der Waals surface area (Å²) in [6.45, 7) is 1.61. The fraction of sp³-hybridized carbons (Fsp3) is 0.368. The summed E-state index contributed by atoms with van der Waals surface area (Å²) >= 11 is 0. The van der Waals surface area contributed by atoms with Crippen LogP contribution in [0.5, 0.6) is 11.5 Å². The first-order valence-electron chi connectivity index (χ1n) is 8.25. The molecule has 0 fully saturated rings. The number of rotatable bonds is 6. The molecular weight excluding hydrogens is 386 g/mol. The Kier molecular flexibility index (Phi) is 6.95. The lowest BCUT2D eigenvalue weighted by Gasteiger charge is -2.17. The highest BCUT2D eigenvalue weighted by Gasteiger charge is 2.31. The van der Waals surface area contributed by atoms with E-state index < -0.39 is 17.6 Å². The summed E-state index contributed by atoms with van der Waals surface area (Å²) in [6.07, 6.45) is -3.50. The van der Waals surface area contributed by atoms with Crippen LogP contribution in [0.3, 0.4) is 0 Å². The normalized spacial score (nSPS) is 13.0. The number of hydrogen-bond donors (Lipinski definition) is 0. The summed E-state index contributed by atoms with van der Waals surface area (Å²) in [7, 11) is 1.94. The minimum absolute atomic E-state index is 0. The summed E-state index contributed by atoms with van der Waals surface area (Å²) in [5, 5.41) is 0. The molecule has 8 heteroatoms. The monoisotopic (exact) mass is 405 g/mol. The molecule has 0 saturated heterocycles. The van der Waals surface area contributed by atoms with E-state index in [9.17, 15) is 17.6 Å². The van der Waals surface area contributed by atoms with Crippen LogP contribution in [0.2, 0.25) is 0 Å². The van der Waals surface area contributed by atoms with Crippen molar-refractivity contribution in [3.8, 4) is 11.5 Å². The maximum absolute atomic E-state index is 13.8. The summed E-state index contributed by atoms with van der Waals surface area (Å²) in [5.41, 5.74) is 0.408. The van der Waals surface area contributed by atoms with Crippen LogP contribution in [-0.2, 0) is 19.1 Å². The van der Waals surface area contributed by atoms with Crippen LogP contribution in [-0.4, -0.2) is 25.3 Å². The van der Waals surface area contributed by atoms with Crippen LogP contribution in [0.1, 0.15) is 23.1 Å². The van der Waals surface area contributed by atoms with Gasteiger partial charge < -0.3 is 14.4 Å². The molecule has 0 N–H and O–H groups in total. The summed E-state index contributed by atoms with van der Waals surface area (Å²) < 4.78 is 62.1. The van der Waals surface area contributed by atoms with Gasteiger partial charge in [-0.15, -0.1) is 12.4 Å². The number of benzene rings is 2. The third-order valence-corrected chi connectivity index (χ3v) is 4.26. The fourth-order valence-electron chi connectivity index (χ4n) is 2.90. The number of ether oxygens (including phenoxy) is 2. The van der Waals surface area contributed by atoms with Crippen LogP contribution in [0.25, 0.3) is 0 Å². The zero-order valence-corrected chi connectivity index (χ0v) is 15.5. The first-order chi connectivity index (χ1) is 12.3. The van der Waals surface area contributed by atoms with Gasteiger partial charge in [0, 0.05) is 6.54 Å². The number of hydrogen-bond acceptors (Lipinski definition) is 3. The molecule has 0 spiro atoms. The van der Waals surface area contributed by atoms with Gasteiger partial charge >= 0.3 is 6.18 Å². The predicted molar refractivity (Wildman–Crippen MR) is 95.9 cm³/mol. The first kappa shape index (κ1) is 21.3. The molecule has 1 aliphatic heterocycles. The fourth-order valence-corrected chi connectivity index (χ4v) is 2.90. The van der Waals surface area contributed by atoms with E-state index in [1.54, 1.807) is 0 Å². The Balaban J connectivity index is 0.00000261. The van der Waals surface area contributed by atoms with E-state index in [2.05, 4.69) is 4.90 Å². The van der Waals surface area contributed by atoms with Crippen molar-refractivity contribution >= 4 is 12.4 Å². The summed E-state index contributed by atoms with van der Waals surface area (Å²) in [4.78, 5) is 2.07. The van der Waals surface area contributed by atoms with Crippen molar-refractivity contribution in [3.05, 3.63) is 58.9 Å². The van der Waals surface area contributed by atoms with Crippen LogP contribution in [0.15, 0.2) is 36.4 Å². The number of aryl methyl sites for hydroxylation is 1. The van der Waals surface area contributed by atoms with Crippen LogP contribution >= 0.6 is 12.4 Å². The van der Waals surface area contributed by atoms with Crippen molar-refractivity contribution in [1.82, 2.24) is 4.90 Å². The van der Waals surface area contributed by atoms with E-state index in [0.717, 1.165) is 23.1 Å². The molecule has 0 aliphatic carbocycles. The molecule has 1 aliphatic rings. The zero-order valence-electron chi connectivity index (χ0n) is 14.7. The number of alkyl halides is 3. The number of fused-ring (bicyclic) bond motifs is 1. The maximum atomic E-state index is 13.8. The van der Waals surface area contributed by atoms with E-state index in [0.29, 0.717) is 37.6 Å². The molecule has 0 saturated carbocycles. The van der Waals surface area contributed by atoms with E-state index in [1.807, 2.05) is 25.2 Å². The van der Waals surface area contributed by atoms with Crippen LogP contribution < -0.4 is 9.47 Å². The van der Waals surface area contributed by atoms with Crippen molar-refractivity contribution in [2.45, 2.75) is 25.6 Å². The smallest absolute Gasteiger partial charge is 0.416 e. The second-order valence-corrected chi connectivity index (χ2v) is 6.33. The molecule has 0 atom stereocenters. The second-order valence-electron chi connectivity index (χ2n) is 6.33. The van der Waals surface area contributed by atoms with Crippen molar-refractivity contribution in [3.63, 3.8) is 0 Å². The first-order valence-corrected chi connectivity index (χ1v) is 8.25. The molecule has 148 valence electrons. The average molecular weight is 406 g/mol. The SMILES string of the molecule is CN(CCCc1ccc(C(F)(F)F)cc1F)Cc1ccc2c(c1)OCO2.Cl. The van der Waals surface area contributed by atoms with Crippen molar-refractivity contribution < 1.29 is 27.0 Å². The molecule has 0 aromatic heterocycles. The molecule has 27 heavy (non-hydrogen) atoms. The van der Waals surface area contributed by atoms with Gasteiger partial charge in [-0.25, -0.2) is 4.39 Å². The third kappa shape index (κ3) is 5.49. The molecule has 2 aromatic rings. The second kappa shape index (κ2) is 8.80. The van der Waals surface area contributed by atoms with Crippen molar-refractivity contribution in [2.24, 2.45) is 0 Å². The van der Waals surface area contributed by atoms with Crippen molar-refractivity contribution in [1.29, 1.82) is 0 Å². The Morgan fingerprint density at radius 3 is 2.48 bits per heavy atom. The quantitative estimate of drug-likeness (QED) is 0.627. The number of nitrogens with zero attached hydrogens (tertiary/aromatic N) is 1. The lowest BCUT2D eigenvalue weighted by molar-refractivity contribution is -0.137. The maximum Gasteiger partial charge on any atom is 0.416 e. The molecule has 0 unspecified atom stereocenters. The number of halogens is 5. The Morgan fingerprint density at radius 1 is 1.04 bits per heavy atom. The van der Waals surface area contributed by atoms with Gasteiger partial charge in [-0.2, -0.15) is 13.2 Å². The Hall–Kier alpha value is -1.99. The van der Waals surface area contributed by atoms with Crippen LogP contribution in [0, 0.1) is 5.82 Å². The Labute approximate surface area is 161 Å². The highest BCUT2D eigenvalue weighted by molar-refractivity contribution is 5.85. The zero-order chi connectivity index (χ0) is 18.7. The molecule has 0 amide bonds. The van der Waals surface area contributed by atoms with Gasteiger partial charge in [0.15, 0.2) is 11.5 Å². The van der Waals surface area contributed by atoms with Gasteiger partial charge in [-0.05, 0) is 61.8 Å². The third-order valence-electron chi connectivity index (χ3n) is 4.26. The topological polar surface area (TPSA) is 21.7 Å². The average Bonchev–Trinajstić information content (AvgIpc) is 3.03. The highest BCUT2D eigenvalue weighted by atomic mass is 35.5. The van der Waals surface area contributed by atoms with E-state index in [-0.39, 0.29) is 19.2 Å². The molecule has 2 aromatic carbocycles. The van der Waals surface area contributed by atoms with E-state index in [1.165, 1.54) is 6.07 Å². The summed E-state index contributed by atoms with van der Waals surface area (Å²) in [6, 6.07) is 8.45. The summed E-state index contributed by atoms with van der Waals surface area (Å²) in [5.74, 6) is 0.648. The predicted octanol–water partition coefficient (Wildman–Crippen LogP) is 5.06. The standard InChI is InChI=1S/C19H19F4NO2.ClH/c1-24(11-13-4-7-17-18(9-13)26-12-25-17)8-2-3-14-5-6-15(10-16(14)20)19(21,22)23;/h4-7,9-10H,2-3,8,11-12H2,1H3;1H. The van der Waals surface area contributed by atoms with Gasteiger partial charge in [0.25, 0.3) is 0 Å². The van der Waals surface area contributed by atoms with Gasteiger partial charge in [0.05, 0.1) is 5.56 Å². The molecular formula is C19H20ClF4NO2.